The third-order valence-corrected chi connectivity index (χ3v) is 5.35. The lowest BCUT2D eigenvalue weighted by atomic mass is 9.84. The van der Waals surface area contributed by atoms with Gasteiger partial charge in [0, 0.05) is 0 Å². The van der Waals surface area contributed by atoms with E-state index in [1.54, 1.807) is 24.3 Å². The van der Waals surface area contributed by atoms with E-state index in [0.717, 1.165) is 5.56 Å². The van der Waals surface area contributed by atoms with Gasteiger partial charge in [0.2, 0.25) is 0 Å². The lowest BCUT2D eigenvalue weighted by Gasteiger charge is -2.22. The summed E-state index contributed by atoms with van der Waals surface area (Å²) in [5.74, 6) is -1.22. The number of rotatable bonds is 4. The second-order valence-electron chi connectivity index (χ2n) is 7.17. The van der Waals surface area contributed by atoms with Gasteiger partial charge >= 0.3 is 5.97 Å². The average molecular weight is 363 g/mol. The van der Waals surface area contributed by atoms with Crippen LogP contribution in [-0.4, -0.2) is 22.8 Å². The van der Waals surface area contributed by atoms with E-state index in [1.165, 1.54) is 37.7 Å². The van der Waals surface area contributed by atoms with Crippen LogP contribution in [0.1, 0.15) is 69.9 Å². The van der Waals surface area contributed by atoms with Crippen molar-refractivity contribution in [3.63, 3.8) is 0 Å². The first-order chi connectivity index (χ1) is 13.1. The maximum atomic E-state index is 12.2. The molecule has 5 nitrogen and oxygen atoms in total. The molecule has 0 radical (unpaired) electrons. The number of fused-ring (bicyclic) bond motifs is 1. The van der Waals surface area contributed by atoms with Crippen LogP contribution < -0.4 is 0 Å². The Bertz CT molecular complexity index is 846. The molecule has 0 spiro atoms. The highest BCUT2D eigenvalue weighted by Crippen LogP contribution is 2.32. The molecule has 1 aliphatic carbocycles. The minimum absolute atomic E-state index is 0.0123. The topological polar surface area (TPSA) is 63.7 Å². The van der Waals surface area contributed by atoms with Crippen LogP contribution in [0.5, 0.6) is 0 Å². The summed E-state index contributed by atoms with van der Waals surface area (Å²) < 4.78 is 0. The zero-order valence-electron chi connectivity index (χ0n) is 15.0. The monoisotopic (exact) mass is 363 g/mol. The molecule has 0 atom stereocenters. The summed E-state index contributed by atoms with van der Waals surface area (Å²) in [4.78, 5) is 41.8. The van der Waals surface area contributed by atoms with Crippen molar-refractivity contribution in [2.24, 2.45) is 0 Å². The maximum absolute atomic E-state index is 12.2. The molecule has 5 heteroatoms. The summed E-state index contributed by atoms with van der Waals surface area (Å²) in [5.41, 5.74) is 2.63. The number of nitrogens with zero attached hydrogens (tertiary/aromatic N) is 1. The molecule has 138 valence electrons. The molecular weight excluding hydrogens is 342 g/mol. The van der Waals surface area contributed by atoms with Crippen LogP contribution in [0.2, 0.25) is 0 Å². The predicted molar refractivity (Wildman–Crippen MR) is 99.0 cm³/mol. The lowest BCUT2D eigenvalue weighted by molar-refractivity contribution is -0.167. The number of imide groups is 1. The van der Waals surface area contributed by atoms with Crippen molar-refractivity contribution >= 4 is 17.8 Å². The molecule has 27 heavy (non-hydrogen) atoms. The van der Waals surface area contributed by atoms with E-state index < -0.39 is 17.8 Å². The van der Waals surface area contributed by atoms with Gasteiger partial charge in [-0.15, -0.1) is 0 Å². The van der Waals surface area contributed by atoms with E-state index in [0.29, 0.717) is 11.0 Å². The summed E-state index contributed by atoms with van der Waals surface area (Å²) in [5, 5.41) is 0.559. The van der Waals surface area contributed by atoms with E-state index in [1.807, 2.05) is 12.1 Å². The Hall–Kier alpha value is -2.95. The largest absolute Gasteiger partial charge is 0.337 e. The first kappa shape index (κ1) is 17.5. The fraction of sp³-hybridized carbons (Fsp3) is 0.318. The standard InChI is InChI=1S/C22H21NO4/c24-20(27-23-21(25)18-8-4-5-9-19(18)22(23)26)14-15-10-12-17(13-11-15)16-6-2-1-3-7-16/h4-5,8-13,16H,1-3,6-7,14H2. The minimum Gasteiger partial charge on any atom is -0.329 e. The number of carbonyl (C=O) groups is 3. The van der Waals surface area contributed by atoms with Gasteiger partial charge in [-0.3, -0.25) is 9.59 Å². The van der Waals surface area contributed by atoms with Crippen LogP contribution in [0.15, 0.2) is 48.5 Å². The van der Waals surface area contributed by atoms with Gasteiger partial charge < -0.3 is 4.84 Å². The Morgan fingerprint density at radius 2 is 1.48 bits per heavy atom. The Morgan fingerprint density at radius 1 is 0.889 bits per heavy atom. The van der Waals surface area contributed by atoms with Crippen molar-refractivity contribution in [1.82, 2.24) is 5.06 Å². The second kappa shape index (κ2) is 7.35. The smallest absolute Gasteiger partial charge is 0.329 e. The Kier molecular flexibility index (Phi) is 4.75. The molecule has 0 aromatic heterocycles. The Balaban J connectivity index is 1.38. The van der Waals surface area contributed by atoms with Crippen molar-refractivity contribution in [3.05, 3.63) is 70.8 Å². The van der Waals surface area contributed by atoms with Gasteiger partial charge in [-0.1, -0.05) is 60.7 Å². The molecule has 2 aromatic carbocycles. The van der Waals surface area contributed by atoms with Crippen LogP contribution in [-0.2, 0) is 16.1 Å². The lowest BCUT2D eigenvalue weighted by Crippen LogP contribution is -2.33. The number of amides is 2. The van der Waals surface area contributed by atoms with Crippen LogP contribution in [0, 0.1) is 0 Å². The average Bonchev–Trinajstić information content (AvgIpc) is 2.94. The van der Waals surface area contributed by atoms with Gasteiger partial charge in [0.1, 0.15) is 0 Å². The maximum Gasteiger partial charge on any atom is 0.337 e. The van der Waals surface area contributed by atoms with Gasteiger partial charge in [0.05, 0.1) is 17.5 Å². The predicted octanol–water partition coefficient (Wildman–Crippen LogP) is 4.03. The fourth-order valence-electron chi connectivity index (χ4n) is 3.89. The van der Waals surface area contributed by atoms with Crippen LogP contribution in [0.25, 0.3) is 0 Å². The van der Waals surface area contributed by atoms with Crippen molar-refractivity contribution < 1.29 is 19.2 Å². The summed E-state index contributed by atoms with van der Waals surface area (Å²) in [7, 11) is 0. The van der Waals surface area contributed by atoms with Gasteiger partial charge in [-0.05, 0) is 42.0 Å². The molecule has 2 amide bonds. The van der Waals surface area contributed by atoms with E-state index in [9.17, 15) is 14.4 Å². The number of carbonyl (C=O) groups excluding carboxylic acids is 3. The molecule has 0 bridgehead atoms. The van der Waals surface area contributed by atoms with Crippen LogP contribution >= 0.6 is 0 Å². The molecule has 2 aromatic rings. The normalized spacial score (nSPS) is 17.1. The molecule has 1 heterocycles. The number of hydrogen-bond donors (Lipinski definition) is 0. The Labute approximate surface area is 157 Å². The fourth-order valence-corrected chi connectivity index (χ4v) is 3.89. The number of benzene rings is 2. The quantitative estimate of drug-likeness (QED) is 0.770. The highest BCUT2D eigenvalue weighted by molar-refractivity contribution is 6.20. The van der Waals surface area contributed by atoms with Crippen molar-refractivity contribution in [3.8, 4) is 0 Å². The van der Waals surface area contributed by atoms with Crippen molar-refractivity contribution in [2.75, 3.05) is 0 Å². The van der Waals surface area contributed by atoms with Crippen molar-refractivity contribution in [2.45, 2.75) is 44.4 Å². The first-order valence-corrected chi connectivity index (χ1v) is 9.41. The summed E-state index contributed by atoms with van der Waals surface area (Å²) in [6.07, 6.45) is 6.33. The van der Waals surface area contributed by atoms with Gasteiger partial charge in [-0.2, -0.15) is 0 Å². The molecule has 0 N–H and O–H groups in total. The minimum atomic E-state index is -0.630. The van der Waals surface area contributed by atoms with E-state index in [2.05, 4.69) is 12.1 Å². The molecular formula is C22H21NO4. The SMILES string of the molecule is O=C(Cc1ccc(C2CCCCC2)cc1)ON1C(=O)c2ccccc2C1=O. The van der Waals surface area contributed by atoms with Crippen LogP contribution in [0.4, 0.5) is 0 Å². The highest BCUT2D eigenvalue weighted by atomic mass is 16.7. The Morgan fingerprint density at radius 3 is 2.07 bits per heavy atom. The summed E-state index contributed by atoms with van der Waals surface area (Å²) in [6.45, 7) is 0. The molecule has 0 saturated heterocycles. The molecule has 1 aliphatic heterocycles. The molecule has 1 fully saturated rings. The number of hydrogen-bond acceptors (Lipinski definition) is 4. The third kappa shape index (κ3) is 3.50. The second-order valence-corrected chi connectivity index (χ2v) is 7.17. The summed E-state index contributed by atoms with van der Waals surface area (Å²) >= 11 is 0. The molecule has 2 aliphatic rings. The van der Waals surface area contributed by atoms with E-state index in [-0.39, 0.29) is 17.5 Å². The number of hydroxylamine groups is 2. The van der Waals surface area contributed by atoms with E-state index in [4.69, 9.17) is 4.84 Å². The van der Waals surface area contributed by atoms with Gasteiger partial charge in [-0.25, -0.2) is 4.79 Å². The van der Waals surface area contributed by atoms with E-state index >= 15 is 0 Å². The van der Waals surface area contributed by atoms with Gasteiger partial charge in [0.25, 0.3) is 11.8 Å². The van der Waals surface area contributed by atoms with Crippen LogP contribution in [0.3, 0.4) is 0 Å². The third-order valence-electron chi connectivity index (χ3n) is 5.35. The first-order valence-electron chi connectivity index (χ1n) is 9.41. The molecule has 4 rings (SSSR count). The molecule has 1 saturated carbocycles. The molecule has 0 unspecified atom stereocenters. The zero-order valence-corrected chi connectivity index (χ0v) is 15.0. The van der Waals surface area contributed by atoms with Crippen molar-refractivity contribution in [1.29, 1.82) is 0 Å². The summed E-state index contributed by atoms with van der Waals surface area (Å²) in [6, 6.07) is 14.4. The zero-order chi connectivity index (χ0) is 18.8. The highest BCUT2D eigenvalue weighted by Gasteiger charge is 2.38. The van der Waals surface area contributed by atoms with Gasteiger partial charge in [0.15, 0.2) is 0 Å².